The molecule has 0 aliphatic heterocycles. The second kappa shape index (κ2) is 7.90. The maximum Gasteiger partial charge on any atom is 0.224 e. The average Bonchev–Trinajstić information content (AvgIpc) is 2.58. The Bertz CT molecular complexity index is 873. The van der Waals surface area contributed by atoms with Crippen molar-refractivity contribution < 1.29 is 8.78 Å². The molecule has 25 heavy (non-hydrogen) atoms. The van der Waals surface area contributed by atoms with E-state index in [0.717, 1.165) is 18.1 Å². The minimum absolute atomic E-state index is 0.143. The molecule has 0 radical (unpaired) electrons. The van der Waals surface area contributed by atoms with E-state index in [-0.39, 0.29) is 5.69 Å². The number of benzene rings is 2. The van der Waals surface area contributed by atoms with Crippen molar-refractivity contribution in [3.63, 3.8) is 0 Å². The number of hydrogen-bond acceptors (Lipinski definition) is 4. The quantitative estimate of drug-likeness (QED) is 0.662. The number of hydrogen-bond donors (Lipinski definition) is 2. The third-order valence-corrected chi connectivity index (χ3v) is 3.67. The molecule has 128 valence electrons. The first-order chi connectivity index (χ1) is 12.1. The zero-order chi connectivity index (χ0) is 17.6. The molecule has 4 nitrogen and oxygen atoms in total. The minimum Gasteiger partial charge on any atom is -0.354 e. The lowest BCUT2D eigenvalue weighted by atomic mass is 10.1. The summed E-state index contributed by atoms with van der Waals surface area (Å²) in [5, 5.41) is 6.60. The van der Waals surface area contributed by atoms with Crippen LogP contribution in [0.15, 0.2) is 54.7 Å². The maximum atomic E-state index is 13.7. The van der Waals surface area contributed by atoms with Crippen LogP contribution >= 0.6 is 11.6 Å². The molecule has 2 aromatic carbocycles. The fourth-order valence-corrected chi connectivity index (χ4v) is 2.47. The van der Waals surface area contributed by atoms with Crippen LogP contribution in [0, 0.1) is 11.6 Å². The van der Waals surface area contributed by atoms with E-state index in [9.17, 15) is 8.78 Å². The minimum atomic E-state index is -0.686. The standard InChI is InChI=1S/C18H15ClF2N4/c19-13-3-1-2-12(10-13)6-8-22-18-23-9-7-17(25-18)24-16-5-4-14(20)11-15(16)21/h1-5,7,9-11H,6,8H2,(H2,22,23,24,25). The lowest BCUT2D eigenvalue weighted by Gasteiger charge is -2.09. The Morgan fingerprint density at radius 1 is 1.04 bits per heavy atom. The number of anilines is 3. The van der Waals surface area contributed by atoms with Gasteiger partial charge >= 0.3 is 0 Å². The number of halogens is 3. The van der Waals surface area contributed by atoms with Gasteiger partial charge in [0.2, 0.25) is 5.95 Å². The van der Waals surface area contributed by atoms with Crippen LogP contribution < -0.4 is 10.6 Å². The summed E-state index contributed by atoms with van der Waals surface area (Å²) in [6.07, 6.45) is 2.31. The Labute approximate surface area is 148 Å². The molecule has 0 spiro atoms. The van der Waals surface area contributed by atoms with E-state index >= 15 is 0 Å². The molecule has 0 bridgehead atoms. The topological polar surface area (TPSA) is 49.8 Å². The van der Waals surface area contributed by atoms with Gasteiger partial charge in [-0.05, 0) is 42.3 Å². The molecule has 2 N–H and O–H groups in total. The highest BCUT2D eigenvalue weighted by Gasteiger charge is 2.06. The third-order valence-electron chi connectivity index (χ3n) is 3.44. The fourth-order valence-electron chi connectivity index (χ4n) is 2.25. The Kier molecular flexibility index (Phi) is 5.40. The third kappa shape index (κ3) is 4.87. The molecule has 0 atom stereocenters. The molecule has 0 aliphatic rings. The Morgan fingerprint density at radius 2 is 1.92 bits per heavy atom. The lowest BCUT2D eigenvalue weighted by Crippen LogP contribution is -2.08. The van der Waals surface area contributed by atoms with Gasteiger partial charge in [-0.25, -0.2) is 13.8 Å². The molecule has 0 saturated heterocycles. The molecule has 0 unspecified atom stereocenters. The van der Waals surface area contributed by atoms with Crippen molar-refractivity contribution in [3.05, 3.63) is 76.9 Å². The average molecular weight is 361 g/mol. The van der Waals surface area contributed by atoms with Crippen LogP contribution in [0.2, 0.25) is 5.02 Å². The Balaban J connectivity index is 1.61. The second-order valence-electron chi connectivity index (χ2n) is 5.32. The number of rotatable bonds is 6. The highest BCUT2D eigenvalue weighted by molar-refractivity contribution is 6.30. The SMILES string of the molecule is Fc1ccc(Nc2ccnc(NCCc3cccc(Cl)c3)n2)c(F)c1. The van der Waals surface area contributed by atoms with Gasteiger partial charge in [-0.2, -0.15) is 4.98 Å². The van der Waals surface area contributed by atoms with Crippen molar-refractivity contribution in [1.29, 1.82) is 0 Å². The highest BCUT2D eigenvalue weighted by atomic mass is 35.5. The van der Waals surface area contributed by atoms with Crippen LogP contribution in [-0.4, -0.2) is 16.5 Å². The van der Waals surface area contributed by atoms with Crippen LogP contribution in [0.25, 0.3) is 0 Å². The summed E-state index contributed by atoms with van der Waals surface area (Å²) in [5.74, 6) is -0.497. The Morgan fingerprint density at radius 3 is 2.72 bits per heavy atom. The molecule has 1 aromatic heterocycles. The van der Waals surface area contributed by atoms with E-state index in [2.05, 4.69) is 20.6 Å². The summed E-state index contributed by atoms with van der Waals surface area (Å²) in [6.45, 7) is 0.620. The van der Waals surface area contributed by atoms with Crippen molar-refractivity contribution in [1.82, 2.24) is 9.97 Å². The van der Waals surface area contributed by atoms with E-state index in [4.69, 9.17) is 11.6 Å². The number of aromatic nitrogens is 2. The van der Waals surface area contributed by atoms with E-state index < -0.39 is 11.6 Å². The normalized spacial score (nSPS) is 10.5. The van der Waals surface area contributed by atoms with Gasteiger partial charge in [-0.3, -0.25) is 0 Å². The predicted octanol–water partition coefficient (Wildman–Crippen LogP) is 4.81. The van der Waals surface area contributed by atoms with Crippen molar-refractivity contribution >= 4 is 29.1 Å². The van der Waals surface area contributed by atoms with Gasteiger partial charge < -0.3 is 10.6 Å². The lowest BCUT2D eigenvalue weighted by molar-refractivity contribution is 0.586. The van der Waals surface area contributed by atoms with Crippen molar-refractivity contribution in [2.75, 3.05) is 17.2 Å². The van der Waals surface area contributed by atoms with Gasteiger partial charge in [-0.1, -0.05) is 23.7 Å². The smallest absolute Gasteiger partial charge is 0.224 e. The van der Waals surface area contributed by atoms with E-state index in [0.29, 0.717) is 23.3 Å². The molecule has 7 heteroatoms. The van der Waals surface area contributed by atoms with Crippen LogP contribution in [0.4, 0.5) is 26.2 Å². The van der Waals surface area contributed by atoms with Crippen LogP contribution in [-0.2, 0) is 6.42 Å². The van der Waals surface area contributed by atoms with Gasteiger partial charge in [-0.15, -0.1) is 0 Å². The molecule has 1 heterocycles. The molecule has 0 amide bonds. The second-order valence-corrected chi connectivity index (χ2v) is 5.76. The van der Waals surface area contributed by atoms with Crippen molar-refractivity contribution in [2.24, 2.45) is 0 Å². The summed E-state index contributed by atoms with van der Waals surface area (Å²) in [5.41, 5.74) is 1.24. The molecular formula is C18H15ClF2N4. The number of nitrogens with one attached hydrogen (secondary N) is 2. The van der Waals surface area contributed by atoms with Crippen molar-refractivity contribution in [3.8, 4) is 0 Å². The first kappa shape index (κ1) is 17.1. The molecule has 3 rings (SSSR count). The van der Waals surface area contributed by atoms with Crippen molar-refractivity contribution in [2.45, 2.75) is 6.42 Å². The molecule has 0 saturated carbocycles. The monoisotopic (exact) mass is 360 g/mol. The number of nitrogens with zero attached hydrogens (tertiary/aromatic N) is 2. The first-order valence-corrected chi connectivity index (χ1v) is 8.01. The summed E-state index contributed by atoms with van der Waals surface area (Å²) >= 11 is 5.95. The highest BCUT2D eigenvalue weighted by Crippen LogP contribution is 2.19. The Hall–Kier alpha value is -2.73. The molecule has 3 aromatic rings. The molecule has 0 fully saturated rings. The van der Waals surface area contributed by atoms with E-state index in [1.54, 1.807) is 12.3 Å². The predicted molar refractivity (Wildman–Crippen MR) is 95.3 cm³/mol. The van der Waals surface area contributed by atoms with Gasteiger partial charge in [0.25, 0.3) is 0 Å². The summed E-state index contributed by atoms with van der Waals surface area (Å²) < 4.78 is 26.6. The summed E-state index contributed by atoms with van der Waals surface area (Å²) in [4.78, 5) is 8.38. The fraction of sp³-hybridized carbons (Fsp3) is 0.111. The van der Waals surface area contributed by atoms with Gasteiger partial charge in [0, 0.05) is 23.8 Å². The summed E-state index contributed by atoms with van der Waals surface area (Å²) in [7, 11) is 0. The first-order valence-electron chi connectivity index (χ1n) is 7.63. The van der Waals surface area contributed by atoms with Crippen LogP contribution in [0.5, 0.6) is 0 Å². The molecular weight excluding hydrogens is 346 g/mol. The van der Waals surface area contributed by atoms with Gasteiger partial charge in [0.1, 0.15) is 17.5 Å². The maximum absolute atomic E-state index is 13.7. The zero-order valence-corrected chi connectivity index (χ0v) is 13.9. The van der Waals surface area contributed by atoms with Crippen LogP contribution in [0.3, 0.4) is 0 Å². The van der Waals surface area contributed by atoms with E-state index in [1.807, 2.05) is 24.3 Å². The zero-order valence-electron chi connectivity index (χ0n) is 13.1. The largest absolute Gasteiger partial charge is 0.354 e. The van der Waals surface area contributed by atoms with E-state index in [1.165, 1.54) is 12.1 Å². The van der Waals surface area contributed by atoms with Crippen LogP contribution in [0.1, 0.15) is 5.56 Å². The molecule has 0 aliphatic carbocycles. The van der Waals surface area contributed by atoms with Gasteiger partial charge in [0.05, 0.1) is 5.69 Å². The van der Waals surface area contributed by atoms with Gasteiger partial charge in [0.15, 0.2) is 0 Å². The summed E-state index contributed by atoms with van der Waals surface area (Å²) in [6, 6.07) is 12.5.